The minimum atomic E-state index is 0. The molecule has 0 atom stereocenters. The maximum Gasteiger partial charge on any atom is 0.191 e. The summed E-state index contributed by atoms with van der Waals surface area (Å²) in [5.74, 6) is 1.90. The highest BCUT2D eigenvalue weighted by molar-refractivity contribution is 14.0. The van der Waals surface area contributed by atoms with Crippen molar-refractivity contribution in [3.63, 3.8) is 0 Å². The van der Waals surface area contributed by atoms with Gasteiger partial charge in [0.15, 0.2) is 5.96 Å². The quantitative estimate of drug-likeness (QED) is 0.274. The zero-order chi connectivity index (χ0) is 16.5. The number of unbranched alkanes of at least 4 members (excludes halogenated alkanes) is 1. The molecule has 2 aromatic heterocycles. The number of imidazole rings is 1. The predicted octanol–water partition coefficient (Wildman–Crippen LogP) is 2.97. The molecule has 2 aromatic rings. The van der Waals surface area contributed by atoms with Crippen LogP contribution in [0.1, 0.15) is 35.5 Å². The number of aromatic nitrogens is 3. The van der Waals surface area contributed by atoms with Crippen LogP contribution in [0, 0.1) is 6.92 Å². The van der Waals surface area contributed by atoms with Gasteiger partial charge in [-0.25, -0.2) is 9.97 Å². The normalized spacial score (nSPS) is 11.2. The van der Waals surface area contributed by atoms with Gasteiger partial charge in [-0.15, -0.1) is 35.3 Å². The van der Waals surface area contributed by atoms with Crippen molar-refractivity contribution < 1.29 is 0 Å². The first-order valence-corrected chi connectivity index (χ1v) is 8.90. The fraction of sp³-hybridized carbons (Fsp3) is 0.562. The third kappa shape index (κ3) is 6.76. The monoisotopic (exact) mass is 462 g/mol. The Labute approximate surface area is 165 Å². The molecule has 0 unspecified atom stereocenters. The molecular formula is C16H27IN6S. The van der Waals surface area contributed by atoms with Gasteiger partial charge in [-0.3, -0.25) is 4.99 Å². The van der Waals surface area contributed by atoms with Crippen molar-refractivity contribution in [1.82, 2.24) is 25.2 Å². The van der Waals surface area contributed by atoms with Crippen molar-refractivity contribution in [3.8, 4) is 0 Å². The van der Waals surface area contributed by atoms with Crippen molar-refractivity contribution in [2.24, 2.45) is 4.99 Å². The second-order valence-electron chi connectivity index (χ2n) is 5.30. The zero-order valence-electron chi connectivity index (χ0n) is 14.6. The molecule has 0 aliphatic rings. The Hall–Kier alpha value is -1.16. The lowest BCUT2D eigenvalue weighted by Crippen LogP contribution is -2.37. The molecule has 0 radical (unpaired) electrons. The number of thiazole rings is 1. The van der Waals surface area contributed by atoms with Gasteiger partial charge in [0, 0.05) is 43.6 Å². The van der Waals surface area contributed by atoms with E-state index in [1.54, 1.807) is 18.4 Å². The Bertz CT molecular complexity index is 622. The average Bonchev–Trinajstić information content (AvgIpc) is 3.19. The van der Waals surface area contributed by atoms with Crippen molar-refractivity contribution in [2.45, 2.75) is 46.2 Å². The molecule has 6 nitrogen and oxygen atoms in total. The summed E-state index contributed by atoms with van der Waals surface area (Å²) < 4.78 is 2.18. The molecule has 0 spiro atoms. The number of halogens is 1. The first-order chi connectivity index (χ1) is 11.2. The molecule has 2 heterocycles. The molecule has 134 valence electrons. The van der Waals surface area contributed by atoms with Gasteiger partial charge in [-0.05, 0) is 26.2 Å². The summed E-state index contributed by atoms with van der Waals surface area (Å²) in [6.45, 7) is 6.82. The van der Waals surface area contributed by atoms with E-state index in [0.29, 0.717) is 0 Å². The molecule has 0 saturated carbocycles. The summed E-state index contributed by atoms with van der Waals surface area (Å²) >= 11 is 1.75. The van der Waals surface area contributed by atoms with Crippen LogP contribution in [0.3, 0.4) is 0 Å². The van der Waals surface area contributed by atoms with Gasteiger partial charge in [0.25, 0.3) is 0 Å². The summed E-state index contributed by atoms with van der Waals surface area (Å²) in [6.07, 6.45) is 9.09. The highest BCUT2D eigenvalue weighted by Gasteiger charge is 2.02. The Kier molecular flexibility index (Phi) is 9.92. The Morgan fingerprint density at radius 2 is 2.12 bits per heavy atom. The van der Waals surface area contributed by atoms with Gasteiger partial charge in [-0.2, -0.15) is 0 Å². The number of aliphatic imine (C=N–C) groups is 1. The lowest BCUT2D eigenvalue weighted by Gasteiger charge is -2.11. The molecule has 24 heavy (non-hydrogen) atoms. The molecule has 0 aromatic carbocycles. The number of guanidine groups is 1. The molecule has 0 fully saturated rings. The van der Waals surface area contributed by atoms with E-state index in [2.05, 4.69) is 37.1 Å². The second-order valence-corrected chi connectivity index (χ2v) is 6.50. The number of aryl methyl sites for hydroxylation is 3. The standard InChI is InChI=1S/C16H26N6S.HI/c1-4-14-11-20-15(23-14)12-21-16(17-3)19-7-5-6-9-22-10-8-18-13(22)2;/h8,10-11H,4-7,9,12H2,1-3H3,(H2,17,19,21);1H. The van der Waals surface area contributed by atoms with E-state index in [0.717, 1.165) is 55.7 Å². The van der Waals surface area contributed by atoms with E-state index >= 15 is 0 Å². The topological polar surface area (TPSA) is 67.1 Å². The number of hydrogen-bond donors (Lipinski definition) is 2. The molecule has 0 saturated heterocycles. The fourth-order valence-electron chi connectivity index (χ4n) is 2.23. The van der Waals surface area contributed by atoms with Gasteiger partial charge < -0.3 is 15.2 Å². The van der Waals surface area contributed by atoms with Crippen LogP contribution in [0.15, 0.2) is 23.6 Å². The minimum absolute atomic E-state index is 0. The number of hydrogen-bond acceptors (Lipinski definition) is 4. The molecule has 0 amide bonds. The van der Waals surface area contributed by atoms with E-state index in [9.17, 15) is 0 Å². The van der Waals surface area contributed by atoms with Crippen molar-refractivity contribution in [2.75, 3.05) is 13.6 Å². The van der Waals surface area contributed by atoms with Gasteiger partial charge in [0.05, 0.1) is 6.54 Å². The molecule has 0 aliphatic carbocycles. The van der Waals surface area contributed by atoms with E-state index in [4.69, 9.17) is 0 Å². The van der Waals surface area contributed by atoms with E-state index in [-0.39, 0.29) is 24.0 Å². The minimum Gasteiger partial charge on any atom is -0.356 e. The lowest BCUT2D eigenvalue weighted by molar-refractivity contribution is 0.588. The number of nitrogens with zero attached hydrogens (tertiary/aromatic N) is 4. The van der Waals surface area contributed by atoms with Crippen LogP contribution in [-0.2, 0) is 19.5 Å². The summed E-state index contributed by atoms with van der Waals surface area (Å²) in [5.41, 5.74) is 0. The van der Waals surface area contributed by atoms with Crippen molar-refractivity contribution >= 4 is 41.3 Å². The molecule has 2 rings (SSSR count). The lowest BCUT2D eigenvalue weighted by atomic mass is 10.3. The van der Waals surface area contributed by atoms with Crippen LogP contribution in [-0.4, -0.2) is 34.1 Å². The highest BCUT2D eigenvalue weighted by Crippen LogP contribution is 2.12. The number of nitrogens with one attached hydrogen (secondary N) is 2. The maximum atomic E-state index is 4.40. The summed E-state index contributed by atoms with van der Waals surface area (Å²) in [5, 5.41) is 7.75. The molecule has 8 heteroatoms. The third-order valence-electron chi connectivity index (χ3n) is 3.62. The first kappa shape index (κ1) is 20.9. The Morgan fingerprint density at radius 3 is 2.75 bits per heavy atom. The van der Waals surface area contributed by atoms with Gasteiger partial charge in [0.1, 0.15) is 10.8 Å². The second kappa shape index (κ2) is 11.4. The van der Waals surface area contributed by atoms with Gasteiger partial charge in [-0.1, -0.05) is 6.92 Å². The van der Waals surface area contributed by atoms with Gasteiger partial charge >= 0.3 is 0 Å². The van der Waals surface area contributed by atoms with E-state index in [1.165, 1.54) is 4.88 Å². The molecular weight excluding hydrogens is 435 g/mol. The van der Waals surface area contributed by atoms with Crippen LogP contribution in [0.5, 0.6) is 0 Å². The molecule has 0 bridgehead atoms. The maximum absolute atomic E-state index is 4.40. The fourth-order valence-corrected chi connectivity index (χ4v) is 3.03. The number of rotatable bonds is 8. The van der Waals surface area contributed by atoms with E-state index in [1.807, 2.05) is 25.5 Å². The van der Waals surface area contributed by atoms with Crippen LogP contribution in [0.4, 0.5) is 0 Å². The SMILES string of the molecule is CCc1cnc(CNC(=NC)NCCCCn2ccnc2C)s1.I. The highest BCUT2D eigenvalue weighted by atomic mass is 127. The zero-order valence-corrected chi connectivity index (χ0v) is 17.7. The summed E-state index contributed by atoms with van der Waals surface area (Å²) in [7, 11) is 1.80. The van der Waals surface area contributed by atoms with Crippen LogP contribution in [0.25, 0.3) is 0 Å². The Morgan fingerprint density at radius 1 is 1.29 bits per heavy atom. The smallest absolute Gasteiger partial charge is 0.191 e. The largest absolute Gasteiger partial charge is 0.356 e. The van der Waals surface area contributed by atoms with Gasteiger partial charge in [0.2, 0.25) is 0 Å². The summed E-state index contributed by atoms with van der Waals surface area (Å²) in [6, 6.07) is 0. The van der Waals surface area contributed by atoms with Crippen LogP contribution < -0.4 is 10.6 Å². The van der Waals surface area contributed by atoms with E-state index < -0.39 is 0 Å². The van der Waals surface area contributed by atoms with Crippen LogP contribution in [0.2, 0.25) is 0 Å². The van der Waals surface area contributed by atoms with Crippen molar-refractivity contribution in [1.29, 1.82) is 0 Å². The Balaban J connectivity index is 0.00000288. The van der Waals surface area contributed by atoms with Crippen molar-refractivity contribution in [3.05, 3.63) is 34.3 Å². The third-order valence-corrected chi connectivity index (χ3v) is 4.76. The average molecular weight is 462 g/mol. The first-order valence-electron chi connectivity index (χ1n) is 8.08. The molecule has 0 aliphatic heterocycles. The molecule has 2 N–H and O–H groups in total. The summed E-state index contributed by atoms with van der Waals surface area (Å²) in [4.78, 5) is 14.2. The van der Waals surface area contributed by atoms with Crippen LogP contribution >= 0.6 is 35.3 Å². The predicted molar refractivity (Wildman–Crippen MR) is 111 cm³/mol.